The van der Waals surface area contributed by atoms with Crippen LogP contribution in [0.1, 0.15) is 51.4 Å². The molecule has 0 aliphatic carbocycles. The highest BCUT2D eigenvalue weighted by atomic mass is 32.2. The van der Waals surface area contributed by atoms with Crippen molar-refractivity contribution < 1.29 is 34.0 Å². The van der Waals surface area contributed by atoms with E-state index in [4.69, 9.17) is 14.2 Å². The number of aromatic carboxylic acids is 1. The maximum absolute atomic E-state index is 11.8. The fourth-order valence-electron chi connectivity index (χ4n) is 4.96. The third kappa shape index (κ3) is 8.83. The summed E-state index contributed by atoms with van der Waals surface area (Å²) in [5.41, 5.74) is 5.95. The minimum absolute atomic E-state index is 0.0223. The van der Waals surface area contributed by atoms with Crippen molar-refractivity contribution in [3.05, 3.63) is 138 Å². The molecule has 3 N–H and O–H groups in total. The normalized spacial score (nSPS) is 17.8. The largest absolute Gasteiger partial charge is 0.478 e. The Hall–Kier alpha value is -4.41. The number of carbonyl (C=O) groups excluding carboxylic acids is 1. The number of rotatable bonds is 12. The van der Waals surface area contributed by atoms with E-state index in [1.54, 1.807) is 23.9 Å². The topological polar surface area (TPSA) is 114 Å². The van der Waals surface area contributed by atoms with Crippen LogP contribution < -0.4 is 5.32 Å². The van der Waals surface area contributed by atoms with E-state index < -0.39 is 18.4 Å². The van der Waals surface area contributed by atoms with Gasteiger partial charge >= 0.3 is 12.1 Å². The summed E-state index contributed by atoms with van der Waals surface area (Å²) in [5, 5.41) is 21.4. The Balaban J connectivity index is 1.29. The second kappa shape index (κ2) is 15.5. The summed E-state index contributed by atoms with van der Waals surface area (Å²) < 4.78 is 17.9. The quantitative estimate of drug-likeness (QED) is 0.111. The van der Waals surface area contributed by atoms with Crippen LogP contribution in [0.15, 0.2) is 115 Å². The number of hydrogen-bond donors (Lipinski definition) is 3. The number of aliphatic hydroxyl groups is 1. The molecule has 3 atom stereocenters. The number of nitrogens with one attached hydrogen (secondary N) is 1. The number of thioether (sulfide) groups is 1. The van der Waals surface area contributed by atoms with Gasteiger partial charge in [-0.2, -0.15) is 0 Å². The molecular weight excluding hydrogens is 590 g/mol. The number of aliphatic hydroxyl groups excluding tert-OH is 1. The van der Waals surface area contributed by atoms with Gasteiger partial charge in [-0.25, -0.2) is 9.59 Å². The molecule has 232 valence electrons. The highest BCUT2D eigenvalue weighted by molar-refractivity contribution is 7.99. The monoisotopic (exact) mass is 625 g/mol. The van der Waals surface area contributed by atoms with Gasteiger partial charge in [0.05, 0.1) is 24.4 Å². The average molecular weight is 626 g/mol. The van der Waals surface area contributed by atoms with Gasteiger partial charge in [0.25, 0.3) is 0 Å². The van der Waals surface area contributed by atoms with Crippen molar-refractivity contribution in [3.63, 3.8) is 0 Å². The van der Waals surface area contributed by atoms with Crippen molar-refractivity contribution in [3.8, 4) is 11.1 Å². The van der Waals surface area contributed by atoms with E-state index in [1.807, 2.05) is 84.9 Å². The van der Waals surface area contributed by atoms with Crippen LogP contribution in [0, 0.1) is 0 Å². The molecule has 0 saturated carbocycles. The molecule has 0 spiro atoms. The van der Waals surface area contributed by atoms with Crippen LogP contribution in [0.4, 0.5) is 4.79 Å². The highest BCUT2D eigenvalue weighted by Gasteiger charge is 2.32. The Kier molecular flexibility index (Phi) is 11.1. The van der Waals surface area contributed by atoms with Crippen LogP contribution in [-0.2, 0) is 27.4 Å². The lowest BCUT2D eigenvalue weighted by Crippen LogP contribution is -2.31. The summed E-state index contributed by atoms with van der Waals surface area (Å²) in [6.07, 6.45) is 0.748. The molecule has 4 aromatic carbocycles. The van der Waals surface area contributed by atoms with Gasteiger partial charge in [-0.05, 0) is 58.1 Å². The standard InChI is InChI=1S/C36H35NO7S/c1-2-18-42-36(41)37-21-25-4-3-5-30(19-25)26-10-12-29(13-11-26)35-43-31(23-45-32-16-14-28(15-17-32)34(39)40)20-33(44-35)27-8-6-24(22-38)7-9-27/h2-17,19,31,33,35,38H,1,18,20-23H2,(H,37,41)(H,39,40)/t31-,33+,35+/m0/s1. The van der Waals surface area contributed by atoms with E-state index in [9.17, 15) is 19.8 Å². The third-order valence-corrected chi connectivity index (χ3v) is 8.51. The molecule has 1 amide bonds. The van der Waals surface area contributed by atoms with Crippen LogP contribution in [-0.4, -0.2) is 40.7 Å². The zero-order chi connectivity index (χ0) is 31.6. The molecule has 0 unspecified atom stereocenters. The van der Waals surface area contributed by atoms with Gasteiger partial charge in [0.2, 0.25) is 0 Å². The maximum atomic E-state index is 11.8. The van der Waals surface area contributed by atoms with Crippen LogP contribution >= 0.6 is 11.8 Å². The number of ether oxygens (including phenoxy) is 3. The first-order chi connectivity index (χ1) is 21.9. The van der Waals surface area contributed by atoms with E-state index in [-0.39, 0.29) is 31.0 Å². The molecular formula is C36H35NO7S. The van der Waals surface area contributed by atoms with Crippen LogP contribution in [0.3, 0.4) is 0 Å². The molecule has 1 aliphatic heterocycles. The summed E-state index contributed by atoms with van der Waals surface area (Å²) in [6.45, 7) is 4.02. The first-order valence-corrected chi connectivity index (χ1v) is 15.6. The van der Waals surface area contributed by atoms with Crippen molar-refractivity contribution in [1.82, 2.24) is 5.32 Å². The van der Waals surface area contributed by atoms with Crippen molar-refractivity contribution in [2.45, 2.75) is 43.0 Å². The van der Waals surface area contributed by atoms with Gasteiger partial charge in [0.1, 0.15) is 6.61 Å². The summed E-state index contributed by atoms with van der Waals surface area (Å²) in [7, 11) is 0. The molecule has 1 saturated heterocycles. The molecule has 4 aromatic rings. The predicted molar refractivity (Wildman–Crippen MR) is 173 cm³/mol. The van der Waals surface area contributed by atoms with Crippen molar-refractivity contribution in [1.29, 1.82) is 0 Å². The average Bonchev–Trinajstić information content (AvgIpc) is 3.09. The Morgan fingerprint density at radius 3 is 2.33 bits per heavy atom. The number of carboxylic acids is 1. The van der Waals surface area contributed by atoms with Gasteiger partial charge in [-0.15, -0.1) is 11.8 Å². The molecule has 5 rings (SSSR count). The predicted octanol–water partition coefficient (Wildman–Crippen LogP) is 7.29. The molecule has 0 aromatic heterocycles. The third-order valence-electron chi connectivity index (χ3n) is 7.36. The molecule has 0 bridgehead atoms. The molecule has 1 aliphatic rings. The van der Waals surface area contributed by atoms with Gasteiger partial charge in [0.15, 0.2) is 6.29 Å². The SMILES string of the molecule is C=CCOC(=O)NCc1cccc(-c2ccc([C@@H]3O[C@H](CSc4ccc(C(=O)O)cc4)C[C@H](c4ccc(CO)cc4)O3)cc2)c1. The first-order valence-electron chi connectivity index (χ1n) is 14.6. The van der Waals surface area contributed by atoms with E-state index in [2.05, 4.69) is 11.9 Å². The number of carboxylic acid groups (broad SMARTS) is 1. The Morgan fingerprint density at radius 1 is 0.911 bits per heavy atom. The number of alkyl carbamates (subject to hydrolysis) is 1. The number of benzene rings is 4. The fraction of sp³-hybridized carbons (Fsp3) is 0.222. The van der Waals surface area contributed by atoms with Gasteiger partial charge in [-0.1, -0.05) is 79.4 Å². The lowest BCUT2D eigenvalue weighted by Gasteiger charge is -2.36. The Bertz CT molecular complexity index is 1590. The van der Waals surface area contributed by atoms with E-state index in [1.165, 1.54) is 6.08 Å². The number of hydrogen-bond acceptors (Lipinski definition) is 7. The maximum Gasteiger partial charge on any atom is 0.407 e. The first kappa shape index (κ1) is 32.0. The van der Waals surface area contributed by atoms with E-state index >= 15 is 0 Å². The van der Waals surface area contributed by atoms with Gasteiger partial charge < -0.3 is 29.7 Å². The summed E-state index contributed by atoms with van der Waals surface area (Å²) >= 11 is 1.61. The molecule has 45 heavy (non-hydrogen) atoms. The smallest absolute Gasteiger partial charge is 0.407 e. The fourth-order valence-corrected chi connectivity index (χ4v) is 5.88. The van der Waals surface area contributed by atoms with Gasteiger partial charge in [0, 0.05) is 29.2 Å². The summed E-state index contributed by atoms with van der Waals surface area (Å²) in [4.78, 5) is 24.0. The molecule has 1 fully saturated rings. The van der Waals surface area contributed by atoms with Crippen LogP contribution in [0.5, 0.6) is 0 Å². The Labute approximate surface area is 266 Å². The second-order valence-electron chi connectivity index (χ2n) is 10.6. The lowest BCUT2D eigenvalue weighted by molar-refractivity contribution is -0.245. The number of carbonyl (C=O) groups is 2. The second-order valence-corrected chi connectivity index (χ2v) is 11.6. The highest BCUT2D eigenvalue weighted by Crippen LogP contribution is 2.40. The molecule has 1 heterocycles. The van der Waals surface area contributed by atoms with Crippen molar-refractivity contribution >= 4 is 23.8 Å². The lowest BCUT2D eigenvalue weighted by atomic mass is 9.99. The van der Waals surface area contributed by atoms with E-state index in [0.717, 1.165) is 38.3 Å². The van der Waals surface area contributed by atoms with Crippen molar-refractivity contribution in [2.24, 2.45) is 0 Å². The molecule has 9 heteroatoms. The van der Waals surface area contributed by atoms with E-state index in [0.29, 0.717) is 18.7 Å². The minimum Gasteiger partial charge on any atom is -0.478 e. The Morgan fingerprint density at radius 2 is 1.64 bits per heavy atom. The summed E-state index contributed by atoms with van der Waals surface area (Å²) in [5.74, 6) is -0.285. The molecule has 0 radical (unpaired) electrons. The summed E-state index contributed by atoms with van der Waals surface area (Å²) in [6, 6.07) is 30.6. The van der Waals surface area contributed by atoms with Crippen LogP contribution in [0.2, 0.25) is 0 Å². The number of amides is 1. The zero-order valence-corrected chi connectivity index (χ0v) is 25.5. The van der Waals surface area contributed by atoms with Crippen molar-refractivity contribution in [2.75, 3.05) is 12.4 Å². The zero-order valence-electron chi connectivity index (χ0n) is 24.6. The molecule has 8 nitrogen and oxygen atoms in total. The van der Waals surface area contributed by atoms with Gasteiger partial charge in [-0.3, -0.25) is 0 Å². The minimum atomic E-state index is -0.950. The van der Waals surface area contributed by atoms with Crippen LogP contribution in [0.25, 0.3) is 11.1 Å².